The molecule has 5 rings (SSSR count). The van der Waals surface area contributed by atoms with Crippen LogP contribution in [-0.4, -0.2) is 38.1 Å². The van der Waals surface area contributed by atoms with E-state index in [2.05, 4.69) is 15.1 Å². The third-order valence-electron chi connectivity index (χ3n) is 6.82. The fourth-order valence-corrected chi connectivity index (χ4v) is 6.09. The summed E-state index contributed by atoms with van der Waals surface area (Å²) in [6.07, 6.45) is -3.43. The lowest BCUT2D eigenvalue weighted by atomic mass is 9.82. The highest BCUT2D eigenvalue weighted by Crippen LogP contribution is 2.40. The van der Waals surface area contributed by atoms with E-state index >= 15 is 0 Å². The summed E-state index contributed by atoms with van der Waals surface area (Å²) in [6, 6.07) is 15.3. The van der Waals surface area contributed by atoms with Crippen LogP contribution in [0.25, 0.3) is 0 Å². The first-order valence-corrected chi connectivity index (χ1v) is 12.8. The lowest BCUT2D eigenvalue weighted by Crippen LogP contribution is -2.61. The van der Waals surface area contributed by atoms with Crippen LogP contribution in [0.5, 0.6) is 0 Å². The molecular formula is C26H25ClF3N3OS. The van der Waals surface area contributed by atoms with Crippen molar-refractivity contribution in [3.05, 3.63) is 81.0 Å². The first kappa shape index (κ1) is 24.0. The number of amides is 1. The number of carbonyl (C=O) groups excluding carboxylic acids is 1. The van der Waals surface area contributed by atoms with E-state index in [0.29, 0.717) is 36.8 Å². The van der Waals surface area contributed by atoms with Gasteiger partial charge >= 0.3 is 6.18 Å². The first-order chi connectivity index (χ1) is 16.8. The van der Waals surface area contributed by atoms with E-state index in [0.717, 1.165) is 23.9 Å². The molecule has 0 aliphatic carbocycles. The molecule has 0 unspecified atom stereocenters. The minimum atomic E-state index is -4.42. The normalized spacial score (nSPS) is 19.8. The molecule has 0 bridgehead atoms. The Bertz CT molecular complexity index is 1200. The van der Waals surface area contributed by atoms with Gasteiger partial charge in [-0.05, 0) is 60.2 Å². The van der Waals surface area contributed by atoms with Crippen molar-refractivity contribution in [2.24, 2.45) is 5.92 Å². The number of benzene rings is 2. The summed E-state index contributed by atoms with van der Waals surface area (Å²) in [4.78, 5) is 18.8. The quantitative estimate of drug-likeness (QED) is 0.473. The molecule has 0 radical (unpaired) electrons. The number of hydrogen-bond donors (Lipinski definition) is 1. The highest BCUT2D eigenvalue weighted by molar-refractivity contribution is 7.09. The third-order valence-corrected chi connectivity index (χ3v) is 8.08. The summed E-state index contributed by atoms with van der Waals surface area (Å²) < 4.78 is 40.2. The second-order valence-electron chi connectivity index (χ2n) is 8.93. The maximum atomic E-state index is 13.4. The van der Waals surface area contributed by atoms with Crippen LogP contribution < -0.4 is 15.1 Å². The van der Waals surface area contributed by atoms with Gasteiger partial charge in [0.2, 0.25) is 5.91 Å². The molecule has 1 saturated heterocycles. The molecule has 2 aliphatic heterocycles. The van der Waals surface area contributed by atoms with Crippen LogP contribution in [0.4, 0.5) is 24.5 Å². The predicted octanol–water partition coefficient (Wildman–Crippen LogP) is 5.65. The number of fused-ring (bicyclic) bond motifs is 3. The van der Waals surface area contributed by atoms with E-state index in [1.54, 1.807) is 17.4 Å². The number of rotatable bonds is 5. The molecule has 2 aromatic carbocycles. The lowest BCUT2D eigenvalue weighted by molar-refractivity contribution is -0.137. The van der Waals surface area contributed by atoms with E-state index in [1.165, 1.54) is 10.9 Å². The average molecular weight is 520 g/mol. The number of hydrogen-bond acceptors (Lipinski definition) is 4. The molecule has 1 N–H and O–H groups in total. The minimum Gasteiger partial charge on any atom is -0.366 e. The van der Waals surface area contributed by atoms with Crippen molar-refractivity contribution in [2.45, 2.75) is 25.1 Å². The molecule has 35 heavy (non-hydrogen) atoms. The maximum Gasteiger partial charge on any atom is 0.416 e. The number of thiophene rings is 1. The summed E-state index contributed by atoms with van der Waals surface area (Å²) in [7, 11) is 0. The number of anilines is 2. The topological polar surface area (TPSA) is 35.6 Å². The minimum absolute atomic E-state index is 0.124. The van der Waals surface area contributed by atoms with E-state index in [-0.39, 0.29) is 18.4 Å². The molecule has 9 heteroatoms. The van der Waals surface area contributed by atoms with Crippen LogP contribution in [0.15, 0.2) is 60.0 Å². The van der Waals surface area contributed by atoms with Crippen molar-refractivity contribution in [1.82, 2.24) is 5.32 Å². The molecule has 1 fully saturated rings. The molecule has 2 atom stereocenters. The van der Waals surface area contributed by atoms with Gasteiger partial charge in [0.25, 0.3) is 0 Å². The summed E-state index contributed by atoms with van der Waals surface area (Å²) in [5, 5.41) is 5.68. The highest BCUT2D eigenvalue weighted by atomic mass is 35.5. The fraction of sp³-hybridized carbons (Fsp3) is 0.346. The van der Waals surface area contributed by atoms with Gasteiger partial charge in [-0.2, -0.15) is 13.2 Å². The predicted molar refractivity (Wildman–Crippen MR) is 134 cm³/mol. The highest BCUT2D eigenvalue weighted by Gasteiger charge is 2.43. The van der Waals surface area contributed by atoms with Crippen molar-refractivity contribution < 1.29 is 18.0 Å². The van der Waals surface area contributed by atoms with Crippen LogP contribution in [0, 0.1) is 5.92 Å². The van der Waals surface area contributed by atoms with Gasteiger partial charge < -0.3 is 15.1 Å². The number of nitrogens with one attached hydrogen (secondary N) is 1. The number of halogens is 4. The van der Waals surface area contributed by atoms with Crippen LogP contribution in [0.1, 0.15) is 16.0 Å². The van der Waals surface area contributed by atoms with E-state index < -0.39 is 17.7 Å². The molecule has 1 amide bonds. The summed E-state index contributed by atoms with van der Waals surface area (Å²) in [5.41, 5.74) is 1.58. The van der Waals surface area contributed by atoms with E-state index in [4.69, 9.17) is 11.6 Å². The molecule has 0 spiro atoms. The van der Waals surface area contributed by atoms with E-state index in [9.17, 15) is 18.0 Å². The first-order valence-electron chi connectivity index (χ1n) is 11.6. The van der Waals surface area contributed by atoms with Crippen molar-refractivity contribution in [3.8, 4) is 0 Å². The summed E-state index contributed by atoms with van der Waals surface area (Å²) >= 11 is 8.09. The van der Waals surface area contributed by atoms with Crippen molar-refractivity contribution >= 4 is 40.2 Å². The summed E-state index contributed by atoms with van der Waals surface area (Å²) in [6.45, 7) is 2.31. The van der Waals surface area contributed by atoms with Gasteiger partial charge in [0.05, 0.1) is 28.2 Å². The number of piperazine rings is 1. The summed E-state index contributed by atoms with van der Waals surface area (Å²) in [5.74, 6) is -0.597. The van der Waals surface area contributed by atoms with Gasteiger partial charge in [-0.1, -0.05) is 29.8 Å². The maximum absolute atomic E-state index is 13.4. The van der Waals surface area contributed by atoms with Crippen molar-refractivity contribution in [3.63, 3.8) is 0 Å². The lowest BCUT2D eigenvalue weighted by Gasteiger charge is -2.50. The molecule has 1 aromatic heterocycles. The Morgan fingerprint density at radius 1 is 1.09 bits per heavy atom. The molecule has 0 saturated carbocycles. The van der Waals surface area contributed by atoms with E-state index in [1.807, 2.05) is 41.8 Å². The number of carbonyl (C=O) groups is 1. The van der Waals surface area contributed by atoms with Gasteiger partial charge in [-0.3, -0.25) is 4.79 Å². The van der Waals surface area contributed by atoms with Crippen molar-refractivity contribution in [2.75, 3.05) is 36.0 Å². The van der Waals surface area contributed by atoms with Gasteiger partial charge in [0, 0.05) is 36.7 Å². The Balaban J connectivity index is 1.42. The van der Waals surface area contributed by atoms with Crippen LogP contribution in [0.2, 0.25) is 5.02 Å². The monoisotopic (exact) mass is 519 g/mol. The van der Waals surface area contributed by atoms with Crippen LogP contribution in [-0.2, 0) is 23.8 Å². The zero-order valence-corrected chi connectivity index (χ0v) is 20.5. The SMILES string of the molecule is O=C(NCCc1cccs1)[C@@H]1Cc2cc(C(F)(F)F)ccc2N2CCN(c3ccccc3Cl)C[C@@H]12. The largest absolute Gasteiger partial charge is 0.416 e. The Kier molecular flexibility index (Phi) is 6.68. The number of alkyl halides is 3. The second-order valence-corrected chi connectivity index (χ2v) is 10.4. The fourth-order valence-electron chi connectivity index (χ4n) is 5.12. The van der Waals surface area contributed by atoms with Crippen molar-refractivity contribution in [1.29, 1.82) is 0 Å². The zero-order chi connectivity index (χ0) is 24.6. The van der Waals surface area contributed by atoms with Gasteiger partial charge in [-0.25, -0.2) is 0 Å². The Morgan fingerprint density at radius 2 is 1.91 bits per heavy atom. The zero-order valence-electron chi connectivity index (χ0n) is 18.9. The van der Waals surface area contributed by atoms with Crippen LogP contribution in [0.3, 0.4) is 0 Å². The number of nitrogens with zero attached hydrogens (tertiary/aromatic N) is 2. The average Bonchev–Trinajstić information content (AvgIpc) is 3.36. The Hall–Kier alpha value is -2.71. The molecular weight excluding hydrogens is 495 g/mol. The smallest absolute Gasteiger partial charge is 0.366 e. The van der Waals surface area contributed by atoms with Gasteiger partial charge in [0.1, 0.15) is 0 Å². The third kappa shape index (κ3) is 5.00. The Labute approximate surface area is 211 Å². The second kappa shape index (κ2) is 9.74. The van der Waals surface area contributed by atoms with Gasteiger partial charge in [0.15, 0.2) is 0 Å². The number of para-hydroxylation sites is 1. The Morgan fingerprint density at radius 3 is 2.66 bits per heavy atom. The molecule has 3 aromatic rings. The van der Waals surface area contributed by atoms with Crippen LogP contribution >= 0.6 is 22.9 Å². The standard InChI is InChI=1S/C26H25ClF3N3OS/c27-21-5-1-2-6-23(21)32-11-12-33-22-8-7-18(26(28,29)30)14-17(22)15-20(24(33)16-32)25(34)31-10-9-19-4-3-13-35-19/h1-8,13-14,20,24H,9-12,15-16H2,(H,31,34)/t20-,24+/m1/s1. The molecule has 184 valence electrons. The molecule has 4 nitrogen and oxygen atoms in total. The molecule has 3 heterocycles. The molecule has 2 aliphatic rings. The van der Waals surface area contributed by atoms with Gasteiger partial charge in [-0.15, -0.1) is 11.3 Å².